The number of benzene rings is 1. The van der Waals surface area contributed by atoms with Gasteiger partial charge in [-0.25, -0.2) is 8.42 Å². The second-order valence-corrected chi connectivity index (χ2v) is 4.26. The van der Waals surface area contributed by atoms with Crippen molar-refractivity contribution in [2.75, 3.05) is 5.73 Å². The van der Waals surface area contributed by atoms with E-state index in [1.165, 1.54) is 6.07 Å². The average Bonchev–Trinajstić information content (AvgIpc) is 1.95. The SMILES string of the molecule is Cc1ccc(N)c(S(=O)(=O)[O-])c1Cl.[Li+]. The van der Waals surface area contributed by atoms with Gasteiger partial charge in [0.25, 0.3) is 0 Å². The van der Waals surface area contributed by atoms with E-state index >= 15 is 0 Å². The van der Waals surface area contributed by atoms with E-state index in [0.717, 1.165) is 0 Å². The molecule has 2 N–H and O–H groups in total. The summed E-state index contributed by atoms with van der Waals surface area (Å²) in [5, 5.41) is -0.102. The van der Waals surface area contributed by atoms with Gasteiger partial charge in [-0.3, -0.25) is 0 Å². The molecule has 0 aromatic heterocycles. The zero-order valence-electron chi connectivity index (χ0n) is 7.74. The number of nitrogens with two attached hydrogens (primary N) is 1. The molecule has 72 valence electrons. The Morgan fingerprint density at radius 2 is 1.93 bits per heavy atom. The van der Waals surface area contributed by atoms with Crippen molar-refractivity contribution in [2.24, 2.45) is 0 Å². The van der Waals surface area contributed by atoms with Gasteiger partial charge in [0.2, 0.25) is 0 Å². The molecule has 0 fully saturated rings. The van der Waals surface area contributed by atoms with Crippen molar-refractivity contribution in [3.8, 4) is 0 Å². The fourth-order valence-electron chi connectivity index (χ4n) is 0.924. The van der Waals surface area contributed by atoms with Crippen LogP contribution in [0.25, 0.3) is 0 Å². The van der Waals surface area contributed by atoms with Gasteiger partial charge in [-0.15, -0.1) is 0 Å². The summed E-state index contributed by atoms with van der Waals surface area (Å²) in [6.45, 7) is 1.59. The topological polar surface area (TPSA) is 83.2 Å². The summed E-state index contributed by atoms with van der Waals surface area (Å²) < 4.78 is 32.1. The van der Waals surface area contributed by atoms with Crippen LogP contribution in [0.4, 0.5) is 5.69 Å². The number of rotatable bonds is 1. The maximum Gasteiger partial charge on any atom is 1.00 e. The van der Waals surface area contributed by atoms with Crippen molar-refractivity contribution >= 4 is 27.4 Å². The first kappa shape index (κ1) is 13.8. The molecule has 14 heavy (non-hydrogen) atoms. The third kappa shape index (κ3) is 2.66. The van der Waals surface area contributed by atoms with E-state index in [-0.39, 0.29) is 29.6 Å². The largest absolute Gasteiger partial charge is 1.00 e. The van der Waals surface area contributed by atoms with E-state index in [2.05, 4.69) is 0 Å². The Labute approximate surface area is 99.4 Å². The van der Waals surface area contributed by atoms with Crippen molar-refractivity contribution in [3.05, 3.63) is 22.7 Å². The minimum atomic E-state index is -4.59. The molecule has 0 bridgehead atoms. The maximum atomic E-state index is 10.7. The summed E-state index contributed by atoms with van der Waals surface area (Å²) in [6.07, 6.45) is 0. The van der Waals surface area contributed by atoms with E-state index in [4.69, 9.17) is 17.3 Å². The monoisotopic (exact) mass is 227 g/mol. The zero-order valence-corrected chi connectivity index (χ0v) is 9.32. The summed E-state index contributed by atoms with van der Waals surface area (Å²) in [5.41, 5.74) is 5.70. The fraction of sp³-hybridized carbons (Fsp3) is 0.143. The van der Waals surface area contributed by atoms with E-state index < -0.39 is 15.0 Å². The molecule has 4 nitrogen and oxygen atoms in total. The first-order chi connectivity index (χ1) is 5.84. The molecule has 0 amide bonds. The van der Waals surface area contributed by atoms with Gasteiger partial charge in [-0.2, -0.15) is 0 Å². The van der Waals surface area contributed by atoms with Gasteiger partial charge in [-0.05, 0) is 18.6 Å². The molecule has 1 aromatic carbocycles. The molecule has 0 radical (unpaired) electrons. The van der Waals surface area contributed by atoms with Gasteiger partial charge >= 0.3 is 18.9 Å². The Bertz CT molecular complexity index is 446. The van der Waals surface area contributed by atoms with Crippen molar-refractivity contribution in [1.29, 1.82) is 0 Å². The molecular weight excluding hydrogens is 221 g/mol. The summed E-state index contributed by atoms with van der Waals surface area (Å²) >= 11 is 5.62. The normalized spacial score (nSPS) is 10.8. The van der Waals surface area contributed by atoms with Crippen molar-refractivity contribution in [1.82, 2.24) is 0 Å². The molecule has 0 heterocycles. The number of hydrogen-bond donors (Lipinski definition) is 1. The Balaban J connectivity index is 0.00000169. The standard InChI is InChI=1S/C7H8ClNO3S.Li/c1-4-2-3-5(9)7(6(4)8)13(10,11)12;/h2-3H,9H2,1H3,(H,10,11,12);/q;+1/p-1. The van der Waals surface area contributed by atoms with Crippen molar-refractivity contribution in [2.45, 2.75) is 11.8 Å². The van der Waals surface area contributed by atoms with Crippen LogP contribution in [0.3, 0.4) is 0 Å². The number of anilines is 1. The van der Waals surface area contributed by atoms with Gasteiger partial charge in [-0.1, -0.05) is 17.7 Å². The summed E-state index contributed by atoms with van der Waals surface area (Å²) in [6, 6.07) is 2.89. The third-order valence-electron chi connectivity index (χ3n) is 1.57. The molecule has 0 saturated heterocycles. The van der Waals surface area contributed by atoms with Crippen molar-refractivity contribution < 1.29 is 31.8 Å². The molecule has 0 unspecified atom stereocenters. The molecule has 0 aliphatic carbocycles. The fourth-order valence-corrected chi connectivity index (χ4v) is 2.12. The number of hydrogen-bond acceptors (Lipinski definition) is 4. The first-order valence-electron chi connectivity index (χ1n) is 3.34. The van der Waals surface area contributed by atoms with Gasteiger partial charge < -0.3 is 10.3 Å². The van der Waals surface area contributed by atoms with E-state index in [1.54, 1.807) is 13.0 Å². The smallest absolute Gasteiger partial charge is 0.744 e. The Hall–Kier alpha value is -0.183. The van der Waals surface area contributed by atoms with Crippen LogP contribution < -0.4 is 24.6 Å². The van der Waals surface area contributed by atoms with Crippen molar-refractivity contribution in [3.63, 3.8) is 0 Å². The van der Waals surface area contributed by atoms with Gasteiger partial charge in [0.15, 0.2) is 0 Å². The molecule has 0 aliphatic rings. The Morgan fingerprint density at radius 1 is 1.43 bits per heavy atom. The van der Waals surface area contributed by atoms with E-state index in [0.29, 0.717) is 5.56 Å². The van der Waals surface area contributed by atoms with Crippen LogP contribution >= 0.6 is 11.6 Å². The summed E-state index contributed by atoms with van der Waals surface area (Å²) in [7, 11) is -4.59. The number of nitrogen functional groups attached to an aromatic ring is 1. The minimum Gasteiger partial charge on any atom is -0.744 e. The van der Waals surface area contributed by atoms with E-state index in [1.807, 2.05) is 0 Å². The predicted molar refractivity (Wildman–Crippen MR) is 48.6 cm³/mol. The van der Waals surface area contributed by atoms with Crippen LogP contribution in [0.15, 0.2) is 17.0 Å². The van der Waals surface area contributed by atoms with Crippen LogP contribution in [0.2, 0.25) is 5.02 Å². The molecule has 7 heteroatoms. The predicted octanol–water partition coefficient (Wildman–Crippen LogP) is -1.86. The van der Waals surface area contributed by atoms with Crippen LogP contribution in [0, 0.1) is 6.92 Å². The Kier molecular flexibility index (Phi) is 4.50. The van der Waals surface area contributed by atoms with Gasteiger partial charge in [0, 0.05) is 0 Å². The molecule has 0 saturated carbocycles. The Morgan fingerprint density at radius 3 is 2.29 bits per heavy atom. The number of halogens is 1. The van der Waals surface area contributed by atoms with Gasteiger partial charge in [0.05, 0.1) is 15.6 Å². The molecular formula is C7H7ClLiNO3S. The van der Waals surface area contributed by atoms with Crippen LogP contribution in [0.1, 0.15) is 5.56 Å². The quantitative estimate of drug-likeness (QED) is 0.346. The van der Waals surface area contributed by atoms with Crippen LogP contribution in [-0.2, 0) is 10.1 Å². The second kappa shape index (κ2) is 4.56. The van der Waals surface area contributed by atoms with Crippen LogP contribution in [-0.4, -0.2) is 13.0 Å². The molecule has 0 spiro atoms. The molecule has 0 atom stereocenters. The molecule has 1 aromatic rings. The average molecular weight is 228 g/mol. The molecule has 1 rings (SSSR count). The third-order valence-corrected chi connectivity index (χ3v) is 3.11. The van der Waals surface area contributed by atoms with Gasteiger partial charge in [0.1, 0.15) is 10.1 Å². The first-order valence-corrected chi connectivity index (χ1v) is 5.13. The summed E-state index contributed by atoms with van der Waals surface area (Å²) in [5.74, 6) is 0. The summed E-state index contributed by atoms with van der Waals surface area (Å²) in [4.78, 5) is -0.533. The molecule has 0 aliphatic heterocycles. The van der Waals surface area contributed by atoms with E-state index in [9.17, 15) is 13.0 Å². The number of aryl methyl sites for hydroxylation is 1. The zero-order chi connectivity index (χ0) is 10.2. The maximum absolute atomic E-state index is 10.7. The minimum absolute atomic E-state index is 0. The second-order valence-electron chi connectivity index (χ2n) is 2.57. The van der Waals surface area contributed by atoms with Crippen LogP contribution in [0.5, 0.6) is 0 Å².